The molecule has 0 spiro atoms. The molecule has 0 bridgehead atoms. The highest BCUT2D eigenvalue weighted by molar-refractivity contribution is 8.00. The SMILES string of the molecule is Cn1c(SCCS(C)(=O)=O)nnc1-c1ccccc1F. The van der Waals surface area contributed by atoms with E-state index >= 15 is 0 Å². The van der Waals surface area contributed by atoms with Gasteiger partial charge in [0.05, 0.1) is 11.3 Å². The van der Waals surface area contributed by atoms with Gasteiger partial charge >= 0.3 is 0 Å². The van der Waals surface area contributed by atoms with Crippen LogP contribution in [-0.2, 0) is 16.9 Å². The molecule has 0 aliphatic rings. The number of aromatic nitrogens is 3. The molecule has 2 aromatic rings. The number of nitrogens with zero attached hydrogens (tertiary/aromatic N) is 3. The topological polar surface area (TPSA) is 64.8 Å². The average Bonchev–Trinajstić information content (AvgIpc) is 2.70. The van der Waals surface area contributed by atoms with Crippen LogP contribution in [0.3, 0.4) is 0 Å². The third kappa shape index (κ3) is 3.57. The number of rotatable bonds is 5. The van der Waals surface area contributed by atoms with E-state index in [0.29, 0.717) is 22.3 Å². The quantitative estimate of drug-likeness (QED) is 0.787. The fourth-order valence-corrected chi connectivity index (χ4v) is 3.71. The first-order chi connectivity index (χ1) is 9.38. The summed E-state index contributed by atoms with van der Waals surface area (Å²) in [5.74, 6) is 0.516. The van der Waals surface area contributed by atoms with Crippen LogP contribution >= 0.6 is 11.8 Å². The summed E-state index contributed by atoms with van der Waals surface area (Å²) in [4.78, 5) is 0. The predicted octanol–water partition coefficient (Wildman–Crippen LogP) is 1.76. The van der Waals surface area contributed by atoms with Crippen molar-refractivity contribution in [2.45, 2.75) is 5.16 Å². The lowest BCUT2D eigenvalue weighted by Crippen LogP contribution is -2.06. The van der Waals surface area contributed by atoms with E-state index in [1.54, 1.807) is 29.8 Å². The summed E-state index contributed by atoms with van der Waals surface area (Å²) < 4.78 is 37.5. The van der Waals surface area contributed by atoms with Crippen LogP contribution in [0, 0.1) is 5.82 Å². The van der Waals surface area contributed by atoms with Gasteiger partial charge in [0.1, 0.15) is 15.7 Å². The second-order valence-electron chi connectivity index (χ2n) is 4.32. The maximum atomic E-state index is 13.7. The number of hydrogen-bond donors (Lipinski definition) is 0. The van der Waals surface area contributed by atoms with Crippen LogP contribution in [0.4, 0.5) is 4.39 Å². The largest absolute Gasteiger partial charge is 0.305 e. The van der Waals surface area contributed by atoms with Crippen molar-refractivity contribution in [1.29, 1.82) is 0 Å². The van der Waals surface area contributed by atoms with E-state index in [4.69, 9.17) is 0 Å². The highest BCUT2D eigenvalue weighted by Crippen LogP contribution is 2.24. The molecular weight excluding hydrogens is 301 g/mol. The lowest BCUT2D eigenvalue weighted by molar-refractivity contribution is 0.603. The van der Waals surface area contributed by atoms with Gasteiger partial charge in [0.25, 0.3) is 0 Å². The fraction of sp³-hybridized carbons (Fsp3) is 0.333. The maximum absolute atomic E-state index is 13.7. The number of hydrogen-bond acceptors (Lipinski definition) is 5. The van der Waals surface area contributed by atoms with Crippen LogP contribution in [0.2, 0.25) is 0 Å². The lowest BCUT2D eigenvalue weighted by Gasteiger charge is -2.04. The zero-order chi connectivity index (χ0) is 14.8. The van der Waals surface area contributed by atoms with E-state index in [1.807, 2.05) is 0 Å². The number of thioether (sulfide) groups is 1. The summed E-state index contributed by atoms with van der Waals surface area (Å²) >= 11 is 1.28. The van der Waals surface area contributed by atoms with Crippen LogP contribution < -0.4 is 0 Å². The van der Waals surface area contributed by atoms with Gasteiger partial charge in [0.15, 0.2) is 11.0 Å². The first-order valence-corrected chi connectivity index (χ1v) is 8.88. The molecule has 1 aromatic carbocycles. The van der Waals surface area contributed by atoms with Gasteiger partial charge < -0.3 is 4.57 Å². The summed E-state index contributed by atoms with van der Waals surface area (Å²) in [5.41, 5.74) is 0.373. The highest BCUT2D eigenvalue weighted by atomic mass is 32.2. The molecule has 1 aromatic heterocycles. The van der Waals surface area contributed by atoms with E-state index in [1.165, 1.54) is 24.1 Å². The zero-order valence-electron chi connectivity index (χ0n) is 11.1. The van der Waals surface area contributed by atoms with Crippen molar-refractivity contribution in [1.82, 2.24) is 14.8 Å². The molecule has 0 atom stereocenters. The molecule has 0 saturated carbocycles. The van der Waals surface area contributed by atoms with Gasteiger partial charge in [-0.1, -0.05) is 23.9 Å². The Morgan fingerprint density at radius 3 is 2.65 bits per heavy atom. The Balaban J connectivity index is 2.18. The lowest BCUT2D eigenvalue weighted by atomic mass is 10.2. The van der Waals surface area contributed by atoms with Gasteiger partial charge in [-0.2, -0.15) is 0 Å². The van der Waals surface area contributed by atoms with Gasteiger partial charge in [-0.15, -0.1) is 10.2 Å². The minimum Gasteiger partial charge on any atom is -0.305 e. The minimum absolute atomic E-state index is 0.0690. The molecule has 0 amide bonds. The van der Waals surface area contributed by atoms with Gasteiger partial charge in [-0.25, -0.2) is 12.8 Å². The second kappa shape index (κ2) is 5.92. The molecule has 1 heterocycles. The molecule has 0 fully saturated rings. The monoisotopic (exact) mass is 315 g/mol. The zero-order valence-corrected chi connectivity index (χ0v) is 12.7. The molecule has 0 radical (unpaired) electrons. The van der Waals surface area contributed by atoms with Crippen LogP contribution in [0.25, 0.3) is 11.4 Å². The van der Waals surface area contributed by atoms with Gasteiger partial charge in [-0.3, -0.25) is 0 Å². The predicted molar refractivity (Wildman–Crippen MR) is 76.8 cm³/mol. The molecular formula is C12H14FN3O2S2. The fourth-order valence-electron chi connectivity index (χ4n) is 1.60. The minimum atomic E-state index is -3.00. The number of halogens is 1. The van der Waals surface area contributed by atoms with Crippen molar-refractivity contribution in [3.05, 3.63) is 30.1 Å². The van der Waals surface area contributed by atoms with E-state index < -0.39 is 9.84 Å². The van der Waals surface area contributed by atoms with Crippen LogP contribution in [0.1, 0.15) is 0 Å². The standard InChI is InChI=1S/C12H14FN3O2S2/c1-16-11(9-5-3-4-6-10(9)13)14-15-12(16)19-7-8-20(2,17)18/h3-6H,7-8H2,1-2H3. The second-order valence-corrected chi connectivity index (χ2v) is 7.65. The van der Waals surface area contributed by atoms with E-state index in [2.05, 4.69) is 10.2 Å². The van der Waals surface area contributed by atoms with Crippen LogP contribution in [0.5, 0.6) is 0 Å². The highest BCUT2D eigenvalue weighted by Gasteiger charge is 2.14. The molecule has 108 valence electrons. The maximum Gasteiger partial charge on any atom is 0.191 e. The summed E-state index contributed by atoms with van der Waals surface area (Å²) in [6.45, 7) is 0. The third-order valence-electron chi connectivity index (χ3n) is 2.63. The number of sulfone groups is 1. The molecule has 0 N–H and O–H groups in total. The van der Waals surface area contributed by atoms with Crippen molar-refractivity contribution in [2.75, 3.05) is 17.8 Å². The Labute approximate surface area is 121 Å². The Morgan fingerprint density at radius 2 is 2.00 bits per heavy atom. The first-order valence-electron chi connectivity index (χ1n) is 5.83. The molecule has 0 aliphatic heterocycles. The summed E-state index contributed by atoms with van der Waals surface area (Å²) in [7, 11) is -1.27. The van der Waals surface area contributed by atoms with E-state index in [0.717, 1.165) is 0 Å². The van der Waals surface area contributed by atoms with Crippen molar-refractivity contribution in [3.63, 3.8) is 0 Å². The Bertz CT molecular complexity index is 713. The van der Waals surface area contributed by atoms with Gasteiger partial charge in [0, 0.05) is 19.1 Å². The van der Waals surface area contributed by atoms with Gasteiger partial charge in [0.2, 0.25) is 0 Å². The average molecular weight is 315 g/mol. The molecule has 20 heavy (non-hydrogen) atoms. The molecule has 2 rings (SSSR count). The molecule has 5 nitrogen and oxygen atoms in total. The van der Waals surface area contributed by atoms with Gasteiger partial charge in [-0.05, 0) is 12.1 Å². The molecule has 0 saturated heterocycles. The van der Waals surface area contributed by atoms with E-state index in [9.17, 15) is 12.8 Å². The molecule has 8 heteroatoms. The first kappa shape index (κ1) is 15.0. The van der Waals surface area contributed by atoms with Crippen LogP contribution in [-0.4, -0.2) is 40.9 Å². The van der Waals surface area contributed by atoms with Crippen LogP contribution in [0.15, 0.2) is 29.4 Å². The summed E-state index contributed by atoms with van der Waals surface area (Å²) in [5, 5.41) is 8.49. The normalized spacial score (nSPS) is 11.8. The smallest absolute Gasteiger partial charge is 0.191 e. The Morgan fingerprint density at radius 1 is 1.30 bits per heavy atom. The molecule has 0 unspecified atom stereocenters. The molecule has 0 aliphatic carbocycles. The van der Waals surface area contributed by atoms with Crippen molar-refractivity contribution < 1.29 is 12.8 Å². The van der Waals surface area contributed by atoms with E-state index in [-0.39, 0.29) is 11.6 Å². The van der Waals surface area contributed by atoms with Crippen molar-refractivity contribution in [2.24, 2.45) is 7.05 Å². The Hall–Kier alpha value is -1.41. The summed E-state index contributed by atoms with van der Waals surface area (Å²) in [6.07, 6.45) is 1.19. The van der Waals surface area contributed by atoms with Crippen molar-refractivity contribution in [3.8, 4) is 11.4 Å². The third-order valence-corrected chi connectivity index (χ3v) is 4.86. The number of benzene rings is 1. The Kier molecular flexibility index (Phi) is 4.44. The summed E-state index contributed by atoms with van der Waals surface area (Å²) in [6, 6.07) is 6.32. The van der Waals surface area contributed by atoms with Crippen molar-refractivity contribution >= 4 is 21.6 Å².